The summed E-state index contributed by atoms with van der Waals surface area (Å²) in [4.78, 5) is 19.4. The van der Waals surface area contributed by atoms with Crippen LogP contribution in [0, 0.1) is 17.6 Å². The second kappa shape index (κ2) is 9.45. The van der Waals surface area contributed by atoms with Gasteiger partial charge in [-0.15, -0.1) is 11.3 Å². The molecule has 1 N–H and O–H groups in total. The normalized spacial score (nSPS) is 18.1. The number of piperidine rings is 1. The fourth-order valence-electron chi connectivity index (χ4n) is 4.00. The number of benzene rings is 2. The van der Waals surface area contributed by atoms with Crippen LogP contribution in [-0.2, 0) is 6.54 Å². The van der Waals surface area contributed by atoms with E-state index in [1.807, 2.05) is 23.6 Å². The van der Waals surface area contributed by atoms with Gasteiger partial charge in [0.2, 0.25) is 0 Å². The van der Waals surface area contributed by atoms with E-state index in [0.29, 0.717) is 24.2 Å². The van der Waals surface area contributed by atoms with Crippen LogP contribution in [0.1, 0.15) is 39.8 Å². The number of hydrogen-bond acceptors (Lipinski definition) is 4. The van der Waals surface area contributed by atoms with Crippen LogP contribution in [0.5, 0.6) is 0 Å². The molecule has 0 radical (unpaired) electrons. The second-order valence-corrected chi connectivity index (χ2v) is 8.46. The summed E-state index contributed by atoms with van der Waals surface area (Å²) in [5.41, 5.74) is 0.961. The minimum absolute atomic E-state index is 0.134. The van der Waals surface area contributed by atoms with Gasteiger partial charge < -0.3 is 5.32 Å². The van der Waals surface area contributed by atoms with Crippen molar-refractivity contribution in [2.45, 2.75) is 25.4 Å². The van der Waals surface area contributed by atoms with Gasteiger partial charge in [0.1, 0.15) is 5.01 Å². The Morgan fingerprint density at radius 2 is 2.03 bits per heavy atom. The van der Waals surface area contributed by atoms with Crippen molar-refractivity contribution in [2.75, 3.05) is 13.1 Å². The molecular formula is C23H23F2N3OS. The number of carbonyl (C=O) groups is 1. The van der Waals surface area contributed by atoms with Gasteiger partial charge in [0.05, 0.1) is 6.04 Å². The van der Waals surface area contributed by atoms with Crippen molar-refractivity contribution in [3.8, 4) is 0 Å². The van der Waals surface area contributed by atoms with E-state index in [4.69, 9.17) is 0 Å². The fraction of sp³-hybridized carbons (Fsp3) is 0.304. The van der Waals surface area contributed by atoms with Crippen molar-refractivity contribution in [1.29, 1.82) is 0 Å². The smallest absolute Gasteiger partial charge is 0.251 e. The molecule has 4 nitrogen and oxygen atoms in total. The van der Waals surface area contributed by atoms with Crippen LogP contribution in [0.15, 0.2) is 60.1 Å². The molecule has 1 aromatic heterocycles. The van der Waals surface area contributed by atoms with Gasteiger partial charge in [-0.2, -0.15) is 0 Å². The maximum absolute atomic E-state index is 14.1. The minimum atomic E-state index is -0.822. The minimum Gasteiger partial charge on any atom is -0.342 e. The maximum Gasteiger partial charge on any atom is 0.251 e. The summed E-state index contributed by atoms with van der Waals surface area (Å²) in [7, 11) is 0. The molecule has 4 rings (SSSR count). The van der Waals surface area contributed by atoms with E-state index in [-0.39, 0.29) is 17.9 Å². The Morgan fingerprint density at radius 1 is 1.20 bits per heavy atom. The molecule has 156 valence electrons. The monoisotopic (exact) mass is 427 g/mol. The Morgan fingerprint density at radius 3 is 2.80 bits per heavy atom. The number of likely N-dealkylation sites (tertiary alicyclic amines) is 1. The SMILES string of the molecule is O=C(N[C@H](c1nccs1)[C@H]1CCCN(Cc2cccc(F)c2F)C1)c1ccccc1. The van der Waals surface area contributed by atoms with Crippen LogP contribution in [0.2, 0.25) is 0 Å². The second-order valence-electron chi connectivity index (χ2n) is 7.54. The molecule has 0 unspecified atom stereocenters. The predicted octanol–water partition coefficient (Wildman–Crippen LogP) is 4.80. The Balaban J connectivity index is 1.50. The third-order valence-corrected chi connectivity index (χ3v) is 6.34. The van der Waals surface area contributed by atoms with Crippen LogP contribution in [0.4, 0.5) is 8.78 Å². The topological polar surface area (TPSA) is 45.2 Å². The molecule has 2 heterocycles. The summed E-state index contributed by atoms with van der Waals surface area (Å²) in [5.74, 6) is -1.61. The molecule has 1 aliphatic rings. The summed E-state index contributed by atoms with van der Waals surface area (Å²) in [5, 5.41) is 5.93. The number of thiazole rings is 1. The first-order valence-corrected chi connectivity index (χ1v) is 10.9. The largest absolute Gasteiger partial charge is 0.342 e. The molecule has 0 spiro atoms. The lowest BCUT2D eigenvalue weighted by atomic mass is 9.90. The van der Waals surface area contributed by atoms with Crippen molar-refractivity contribution in [2.24, 2.45) is 5.92 Å². The summed E-state index contributed by atoms with van der Waals surface area (Å²) in [6.45, 7) is 1.83. The highest BCUT2D eigenvalue weighted by Crippen LogP contribution is 2.32. The van der Waals surface area contributed by atoms with Crippen molar-refractivity contribution < 1.29 is 13.6 Å². The molecular weight excluding hydrogens is 404 g/mol. The summed E-state index contributed by atoms with van der Waals surface area (Å²) in [6.07, 6.45) is 3.59. The number of halogens is 2. The van der Waals surface area contributed by atoms with Crippen LogP contribution in [-0.4, -0.2) is 28.9 Å². The van der Waals surface area contributed by atoms with Crippen molar-refractivity contribution in [1.82, 2.24) is 15.2 Å². The van der Waals surface area contributed by atoms with Gasteiger partial charge in [-0.1, -0.05) is 30.3 Å². The van der Waals surface area contributed by atoms with Crippen molar-refractivity contribution in [3.05, 3.63) is 87.9 Å². The average Bonchev–Trinajstić information content (AvgIpc) is 3.30. The van der Waals surface area contributed by atoms with E-state index in [1.54, 1.807) is 24.4 Å². The third kappa shape index (κ3) is 4.74. The van der Waals surface area contributed by atoms with Gasteiger partial charge in [-0.3, -0.25) is 9.69 Å². The molecule has 1 fully saturated rings. The number of carbonyl (C=O) groups excluding carboxylic acids is 1. The van der Waals surface area contributed by atoms with Gasteiger partial charge in [0.25, 0.3) is 5.91 Å². The zero-order valence-electron chi connectivity index (χ0n) is 16.4. The highest BCUT2D eigenvalue weighted by Gasteiger charge is 2.31. The van der Waals surface area contributed by atoms with Gasteiger partial charge >= 0.3 is 0 Å². The summed E-state index contributed by atoms with van der Waals surface area (Å²) in [6, 6.07) is 13.2. The number of aromatic nitrogens is 1. The Bertz CT molecular complexity index is 981. The standard InChI is InChI=1S/C23H23F2N3OS/c24-19-10-4-8-17(20(19)25)14-28-12-5-9-18(15-28)21(23-26-11-13-30-23)27-22(29)16-6-2-1-3-7-16/h1-4,6-8,10-11,13,18,21H,5,9,12,14-15H2,(H,27,29)/t18-,21-/m0/s1. The molecule has 1 aliphatic heterocycles. The highest BCUT2D eigenvalue weighted by atomic mass is 32.1. The van der Waals surface area contributed by atoms with Gasteiger partial charge in [0, 0.05) is 35.8 Å². The van der Waals surface area contributed by atoms with Crippen LogP contribution in [0.25, 0.3) is 0 Å². The number of rotatable bonds is 6. The lowest BCUT2D eigenvalue weighted by Crippen LogP contribution is -2.42. The highest BCUT2D eigenvalue weighted by molar-refractivity contribution is 7.09. The Hall–Kier alpha value is -2.64. The lowest BCUT2D eigenvalue weighted by Gasteiger charge is -2.36. The maximum atomic E-state index is 14.1. The fourth-order valence-corrected chi connectivity index (χ4v) is 4.78. The Kier molecular flexibility index (Phi) is 6.50. The number of nitrogens with one attached hydrogen (secondary N) is 1. The van der Waals surface area contributed by atoms with Gasteiger partial charge in [-0.05, 0) is 43.5 Å². The number of hydrogen-bond donors (Lipinski definition) is 1. The van der Waals surface area contributed by atoms with Crippen LogP contribution in [0.3, 0.4) is 0 Å². The van der Waals surface area contributed by atoms with Crippen LogP contribution >= 0.6 is 11.3 Å². The lowest BCUT2D eigenvalue weighted by molar-refractivity contribution is 0.0877. The predicted molar refractivity (Wildman–Crippen MR) is 113 cm³/mol. The van der Waals surface area contributed by atoms with Crippen LogP contribution < -0.4 is 5.32 Å². The first kappa shape index (κ1) is 20.6. The zero-order chi connectivity index (χ0) is 20.9. The van der Waals surface area contributed by atoms with Crippen molar-refractivity contribution >= 4 is 17.2 Å². The molecule has 0 saturated carbocycles. The molecule has 7 heteroatoms. The molecule has 30 heavy (non-hydrogen) atoms. The van der Waals surface area contributed by atoms with Gasteiger partial charge in [-0.25, -0.2) is 13.8 Å². The molecule has 1 amide bonds. The molecule has 3 aromatic rings. The quantitative estimate of drug-likeness (QED) is 0.614. The van der Waals surface area contributed by atoms with E-state index >= 15 is 0 Å². The van der Waals surface area contributed by atoms with E-state index in [2.05, 4.69) is 15.2 Å². The molecule has 0 bridgehead atoms. The van der Waals surface area contributed by atoms with Crippen molar-refractivity contribution in [3.63, 3.8) is 0 Å². The summed E-state index contributed by atoms with van der Waals surface area (Å²) >= 11 is 1.52. The number of nitrogens with zero attached hydrogens (tertiary/aromatic N) is 2. The van der Waals surface area contributed by atoms with Gasteiger partial charge in [0.15, 0.2) is 11.6 Å². The third-order valence-electron chi connectivity index (χ3n) is 5.48. The van der Waals surface area contributed by atoms with E-state index < -0.39 is 11.6 Å². The molecule has 2 atom stereocenters. The van der Waals surface area contributed by atoms with E-state index in [1.165, 1.54) is 17.4 Å². The van der Waals surface area contributed by atoms with E-state index in [9.17, 15) is 13.6 Å². The number of amides is 1. The molecule has 1 saturated heterocycles. The molecule has 0 aliphatic carbocycles. The first-order chi connectivity index (χ1) is 14.6. The molecule has 2 aromatic carbocycles. The average molecular weight is 428 g/mol. The Labute approximate surface area is 178 Å². The first-order valence-electron chi connectivity index (χ1n) is 10.0. The summed E-state index contributed by atoms with van der Waals surface area (Å²) < 4.78 is 27.7. The van der Waals surface area contributed by atoms with E-state index in [0.717, 1.165) is 30.5 Å². The zero-order valence-corrected chi connectivity index (χ0v) is 17.2.